The zero-order chi connectivity index (χ0) is 23.5. The summed E-state index contributed by atoms with van der Waals surface area (Å²) >= 11 is 0. The molecule has 0 unspecified atom stereocenters. The number of methoxy groups -OCH3 is 1. The number of aliphatic carboxylic acids is 1. The maximum Gasteiger partial charge on any atom is 0.325 e. The van der Waals surface area contributed by atoms with E-state index in [0.29, 0.717) is 13.1 Å². The number of aromatic amines is 1. The Labute approximate surface area is 199 Å². The molecule has 3 aromatic carbocycles. The first-order chi connectivity index (χ1) is 16.7. The highest BCUT2D eigenvalue weighted by Crippen LogP contribution is 2.34. The molecule has 1 aliphatic heterocycles. The number of aromatic nitrogens is 1. The molecule has 2 N–H and O–H groups in total. The predicted octanol–water partition coefficient (Wildman–Crippen LogP) is 4.71. The van der Waals surface area contributed by atoms with E-state index >= 15 is 0 Å². The molecule has 0 bridgehead atoms. The van der Waals surface area contributed by atoms with Crippen molar-refractivity contribution in [2.45, 2.75) is 12.1 Å². The summed E-state index contributed by atoms with van der Waals surface area (Å²) in [4.78, 5) is 20.2. The molecule has 0 amide bonds. The van der Waals surface area contributed by atoms with Crippen molar-refractivity contribution in [3.05, 3.63) is 102 Å². The molecule has 0 saturated carbocycles. The minimum Gasteiger partial charge on any atom is -0.497 e. The Bertz CT molecular complexity index is 1210. The van der Waals surface area contributed by atoms with Crippen molar-refractivity contribution >= 4 is 16.9 Å². The van der Waals surface area contributed by atoms with Crippen LogP contribution in [0.25, 0.3) is 10.9 Å². The number of rotatable bonds is 7. The summed E-state index contributed by atoms with van der Waals surface area (Å²) in [5, 5.41) is 11.1. The van der Waals surface area contributed by atoms with Crippen molar-refractivity contribution < 1.29 is 14.6 Å². The van der Waals surface area contributed by atoms with E-state index in [0.717, 1.165) is 35.3 Å². The van der Waals surface area contributed by atoms with E-state index in [1.165, 1.54) is 11.1 Å². The summed E-state index contributed by atoms with van der Waals surface area (Å²) in [6.07, 6.45) is 1.83. The number of H-pyrrole nitrogens is 1. The van der Waals surface area contributed by atoms with Crippen LogP contribution in [0.15, 0.2) is 85.1 Å². The van der Waals surface area contributed by atoms with E-state index in [1.807, 2.05) is 36.5 Å². The summed E-state index contributed by atoms with van der Waals surface area (Å²) in [5.41, 5.74) is 4.19. The van der Waals surface area contributed by atoms with Gasteiger partial charge >= 0.3 is 5.97 Å². The van der Waals surface area contributed by atoms with Crippen molar-refractivity contribution in [1.82, 2.24) is 14.8 Å². The first-order valence-electron chi connectivity index (χ1n) is 11.6. The SMILES string of the molecule is COc1ccc2[nH]cc([C@@H](C(=O)O)N3CCN(C(c4ccccc4)c4ccccc4)CC3)c2c1. The number of piperazine rings is 1. The van der Waals surface area contributed by atoms with Gasteiger partial charge in [0, 0.05) is 48.8 Å². The maximum atomic E-state index is 12.5. The van der Waals surface area contributed by atoms with Gasteiger partial charge in [0.05, 0.1) is 13.2 Å². The van der Waals surface area contributed by atoms with Crippen molar-refractivity contribution in [1.29, 1.82) is 0 Å². The summed E-state index contributed by atoms with van der Waals surface area (Å²) in [6.45, 7) is 2.90. The Balaban J connectivity index is 1.40. The van der Waals surface area contributed by atoms with Crippen LogP contribution in [0, 0.1) is 0 Å². The second-order valence-electron chi connectivity index (χ2n) is 8.69. The highest BCUT2D eigenvalue weighted by molar-refractivity contribution is 5.90. The number of carboxylic acids is 1. The highest BCUT2D eigenvalue weighted by Gasteiger charge is 2.34. The maximum absolute atomic E-state index is 12.5. The number of hydrogen-bond acceptors (Lipinski definition) is 4. The molecule has 174 valence electrons. The number of nitrogens with one attached hydrogen (secondary N) is 1. The van der Waals surface area contributed by atoms with Crippen LogP contribution in [0.4, 0.5) is 0 Å². The van der Waals surface area contributed by atoms with E-state index in [2.05, 4.69) is 63.3 Å². The monoisotopic (exact) mass is 455 g/mol. The third kappa shape index (κ3) is 4.30. The second-order valence-corrected chi connectivity index (χ2v) is 8.69. The normalized spacial score (nSPS) is 16.1. The van der Waals surface area contributed by atoms with Gasteiger partial charge < -0.3 is 14.8 Å². The first-order valence-corrected chi connectivity index (χ1v) is 11.6. The van der Waals surface area contributed by atoms with Crippen LogP contribution >= 0.6 is 0 Å². The van der Waals surface area contributed by atoms with Gasteiger partial charge in [-0.25, -0.2) is 0 Å². The average Bonchev–Trinajstić information content (AvgIpc) is 3.29. The summed E-state index contributed by atoms with van der Waals surface area (Å²) < 4.78 is 5.38. The molecular formula is C28H29N3O3. The van der Waals surface area contributed by atoms with Gasteiger partial charge in [0.1, 0.15) is 11.8 Å². The fourth-order valence-corrected chi connectivity index (χ4v) is 5.10. The smallest absolute Gasteiger partial charge is 0.325 e. The fraction of sp³-hybridized carbons (Fsp3) is 0.250. The molecule has 1 aromatic heterocycles. The summed E-state index contributed by atoms with van der Waals surface area (Å²) in [6, 6.07) is 26.2. The lowest BCUT2D eigenvalue weighted by Crippen LogP contribution is -2.50. The van der Waals surface area contributed by atoms with Crippen molar-refractivity contribution in [3.8, 4) is 5.75 Å². The van der Waals surface area contributed by atoms with Crippen molar-refractivity contribution in [2.24, 2.45) is 0 Å². The predicted molar refractivity (Wildman–Crippen MR) is 133 cm³/mol. The Hall–Kier alpha value is -3.61. The third-order valence-corrected chi connectivity index (χ3v) is 6.76. The van der Waals surface area contributed by atoms with Crippen LogP contribution in [-0.4, -0.2) is 59.1 Å². The average molecular weight is 456 g/mol. The van der Waals surface area contributed by atoms with Gasteiger partial charge in [-0.2, -0.15) is 0 Å². The number of carbonyl (C=O) groups is 1. The minimum atomic E-state index is -0.833. The van der Waals surface area contributed by atoms with Crippen LogP contribution in [0.2, 0.25) is 0 Å². The summed E-state index contributed by atoms with van der Waals surface area (Å²) in [7, 11) is 1.62. The van der Waals surface area contributed by atoms with E-state index < -0.39 is 12.0 Å². The van der Waals surface area contributed by atoms with Crippen LogP contribution in [0.3, 0.4) is 0 Å². The lowest BCUT2D eigenvalue weighted by atomic mass is 9.96. The molecule has 1 atom stereocenters. The number of carboxylic acid groups (broad SMARTS) is 1. The van der Waals surface area contributed by atoms with Gasteiger partial charge in [0.2, 0.25) is 0 Å². The Morgan fingerprint density at radius 3 is 2.03 bits per heavy atom. The molecule has 5 rings (SSSR count). The van der Waals surface area contributed by atoms with Crippen LogP contribution in [0.1, 0.15) is 28.8 Å². The van der Waals surface area contributed by atoms with Gasteiger partial charge in [0.25, 0.3) is 0 Å². The highest BCUT2D eigenvalue weighted by atomic mass is 16.5. The van der Waals surface area contributed by atoms with Crippen LogP contribution in [0.5, 0.6) is 5.75 Å². The molecule has 1 saturated heterocycles. The molecule has 2 heterocycles. The molecule has 6 heteroatoms. The second kappa shape index (κ2) is 9.71. The van der Waals surface area contributed by atoms with Gasteiger partial charge in [-0.3, -0.25) is 14.6 Å². The van der Waals surface area contributed by atoms with Gasteiger partial charge in [-0.05, 0) is 29.3 Å². The van der Waals surface area contributed by atoms with E-state index in [9.17, 15) is 9.90 Å². The van der Waals surface area contributed by atoms with Crippen LogP contribution < -0.4 is 4.74 Å². The van der Waals surface area contributed by atoms with E-state index in [-0.39, 0.29) is 6.04 Å². The Morgan fingerprint density at radius 2 is 1.47 bits per heavy atom. The zero-order valence-corrected chi connectivity index (χ0v) is 19.2. The number of hydrogen-bond donors (Lipinski definition) is 2. The molecule has 6 nitrogen and oxygen atoms in total. The molecule has 0 spiro atoms. The summed E-state index contributed by atoms with van der Waals surface area (Å²) in [5.74, 6) is -0.115. The molecule has 0 aliphatic carbocycles. The largest absolute Gasteiger partial charge is 0.497 e. The molecule has 1 fully saturated rings. The van der Waals surface area contributed by atoms with Crippen LogP contribution in [-0.2, 0) is 4.79 Å². The quantitative estimate of drug-likeness (QED) is 0.422. The number of nitrogens with zero attached hydrogens (tertiary/aromatic N) is 2. The lowest BCUT2D eigenvalue weighted by molar-refractivity contribution is -0.144. The topological polar surface area (TPSA) is 68.8 Å². The van der Waals surface area contributed by atoms with Crippen molar-refractivity contribution in [3.63, 3.8) is 0 Å². The molecule has 34 heavy (non-hydrogen) atoms. The number of fused-ring (bicyclic) bond motifs is 1. The molecule has 4 aromatic rings. The van der Waals surface area contributed by atoms with Gasteiger partial charge in [-0.15, -0.1) is 0 Å². The molecule has 1 aliphatic rings. The molecular weight excluding hydrogens is 426 g/mol. The Kier molecular flexibility index (Phi) is 6.34. The number of benzene rings is 3. The van der Waals surface area contributed by atoms with Crippen molar-refractivity contribution in [2.75, 3.05) is 33.3 Å². The number of ether oxygens (including phenoxy) is 1. The first kappa shape index (κ1) is 22.2. The molecule has 0 radical (unpaired) electrons. The lowest BCUT2D eigenvalue weighted by Gasteiger charge is -2.41. The third-order valence-electron chi connectivity index (χ3n) is 6.76. The zero-order valence-electron chi connectivity index (χ0n) is 19.2. The minimum absolute atomic E-state index is 0.144. The van der Waals surface area contributed by atoms with E-state index in [1.54, 1.807) is 7.11 Å². The van der Waals surface area contributed by atoms with Gasteiger partial charge in [-0.1, -0.05) is 60.7 Å². The Morgan fingerprint density at radius 1 is 0.882 bits per heavy atom. The van der Waals surface area contributed by atoms with E-state index in [4.69, 9.17) is 4.74 Å². The fourth-order valence-electron chi connectivity index (χ4n) is 5.10. The van der Waals surface area contributed by atoms with Gasteiger partial charge in [0.15, 0.2) is 0 Å². The standard InChI is InChI=1S/C28H29N3O3/c1-34-22-12-13-25-23(18-22)24(19-29-25)27(28(32)33)31-16-14-30(15-17-31)26(20-8-4-2-5-9-20)21-10-6-3-7-11-21/h2-13,18-19,26-27,29H,14-17H2,1H3,(H,32,33)/t27-/m0/s1.